The minimum atomic E-state index is -4.50. The van der Waals surface area contributed by atoms with Crippen LogP contribution < -0.4 is 10.0 Å². The summed E-state index contributed by atoms with van der Waals surface area (Å²) >= 11 is 0. The zero-order chi connectivity index (χ0) is 20.4. The van der Waals surface area contributed by atoms with Gasteiger partial charge in [0.05, 0.1) is 10.5 Å². The summed E-state index contributed by atoms with van der Waals surface area (Å²) < 4.78 is 65.4. The highest BCUT2D eigenvalue weighted by molar-refractivity contribution is 7.92. The van der Waals surface area contributed by atoms with E-state index < -0.39 is 21.8 Å². The number of alkyl halides is 3. The molecule has 0 bridgehead atoms. The number of fused-ring (bicyclic) bond motifs is 1. The van der Waals surface area contributed by atoms with E-state index in [1.165, 1.54) is 5.56 Å². The van der Waals surface area contributed by atoms with E-state index in [2.05, 4.69) is 17.0 Å². The molecule has 2 aromatic carbocycles. The molecule has 0 spiro atoms. The Balaban J connectivity index is 1.73. The number of benzene rings is 2. The summed E-state index contributed by atoms with van der Waals surface area (Å²) in [4.78, 5) is -0.206. The largest absolute Gasteiger partial charge is 0.416 e. The van der Waals surface area contributed by atoms with Crippen molar-refractivity contribution in [3.8, 4) is 0 Å². The van der Waals surface area contributed by atoms with Gasteiger partial charge in [-0.2, -0.15) is 13.2 Å². The monoisotopic (exact) mass is 412 g/mol. The number of aryl methyl sites for hydroxylation is 1. The summed E-state index contributed by atoms with van der Waals surface area (Å²) in [5, 5.41) is 3.51. The molecular weight excluding hydrogens is 389 g/mol. The van der Waals surface area contributed by atoms with Crippen LogP contribution in [0.4, 0.5) is 18.9 Å². The second-order valence-electron chi connectivity index (χ2n) is 7.00. The minimum Gasteiger partial charge on any atom is -0.314 e. The molecule has 0 aromatic heterocycles. The van der Waals surface area contributed by atoms with E-state index in [1.54, 1.807) is 6.07 Å². The Bertz CT molecular complexity index is 925. The van der Waals surface area contributed by atoms with Crippen molar-refractivity contribution in [1.29, 1.82) is 0 Å². The summed E-state index contributed by atoms with van der Waals surface area (Å²) in [5.74, 6) is 0. The SMILES string of the molecule is CCCNC1CCc2cc(NS(=O)(=O)c3ccc(C(F)(F)F)cc3)ccc2C1. The van der Waals surface area contributed by atoms with Crippen molar-refractivity contribution in [2.45, 2.75) is 49.7 Å². The molecular formula is C20H23F3N2O2S. The Morgan fingerprint density at radius 2 is 1.79 bits per heavy atom. The Labute approximate surface area is 163 Å². The number of halogens is 3. The first-order valence-electron chi connectivity index (χ1n) is 9.24. The van der Waals surface area contributed by atoms with Gasteiger partial charge in [-0.1, -0.05) is 13.0 Å². The van der Waals surface area contributed by atoms with E-state index in [0.29, 0.717) is 11.7 Å². The van der Waals surface area contributed by atoms with E-state index in [-0.39, 0.29) is 4.90 Å². The van der Waals surface area contributed by atoms with Gasteiger partial charge in [-0.15, -0.1) is 0 Å². The van der Waals surface area contributed by atoms with E-state index >= 15 is 0 Å². The van der Waals surface area contributed by atoms with Crippen LogP contribution in [0.15, 0.2) is 47.4 Å². The van der Waals surface area contributed by atoms with Crippen LogP contribution >= 0.6 is 0 Å². The van der Waals surface area contributed by atoms with E-state index in [1.807, 2.05) is 12.1 Å². The molecule has 0 heterocycles. The predicted molar refractivity (Wildman–Crippen MR) is 103 cm³/mol. The summed E-state index contributed by atoms with van der Waals surface area (Å²) in [6.07, 6.45) is -0.679. The molecule has 0 saturated heterocycles. The highest BCUT2D eigenvalue weighted by atomic mass is 32.2. The van der Waals surface area contributed by atoms with Crippen molar-refractivity contribution in [3.63, 3.8) is 0 Å². The van der Waals surface area contributed by atoms with Gasteiger partial charge in [0.2, 0.25) is 0 Å². The number of rotatable bonds is 6. The van der Waals surface area contributed by atoms with Crippen molar-refractivity contribution in [2.75, 3.05) is 11.3 Å². The van der Waals surface area contributed by atoms with Gasteiger partial charge in [0.1, 0.15) is 0 Å². The van der Waals surface area contributed by atoms with Crippen molar-refractivity contribution >= 4 is 15.7 Å². The van der Waals surface area contributed by atoms with Crippen LogP contribution in [0.2, 0.25) is 0 Å². The molecule has 1 aliphatic rings. The fourth-order valence-electron chi connectivity index (χ4n) is 3.38. The molecule has 2 N–H and O–H groups in total. The molecule has 0 radical (unpaired) electrons. The molecule has 1 atom stereocenters. The lowest BCUT2D eigenvalue weighted by molar-refractivity contribution is -0.137. The molecule has 28 heavy (non-hydrogen) atoms. The average Bonchev–Trinajstić information content (AvgIpc) is 2.65. The lowest BCUT2D eigenvalue weighted by Crippen LogP contribution is -2.35. The average molecular weight is 412 g/mol. The molecule has 4 nitrogen and oxygen atoms in total. The summed E-state index contributed by atoms with van der Waals surface area (Å²) in [5.41, 5.74) is 1.82. The maximum atomic E-state index is 12.6. The van der Waals surface area contributed by atoms with Crippen LogP contribution in [-0.2, 0) is 29.0 Å². The maximum absolute atomic E-state index is 12.6. The topological polar surface area (TPSA) is 58.2 Å². The number of anilines is 1. The van der Waals surface area contributed by atoms with Crippen LogP contribution in [-0.4, -0.2) is 21.0 Å². The standard InChI is InChI=1S/C20H23F3N2O2S/c1-2-11-24-17-7-3-15-13-18(8-4-14(15)12-17)25-28(26,27)19-9-5-16(6-10-19)20(21,22)23/h4-6,8-10,13,17,24-25H,2-3,7,11-12H2,1H3. The highest BCUT2D eigenvalue weighted by Crippen LogP contribution is 2.30. The fraction of sp³-hybridized carbons (Fsp3) is 0.400. The number of sulfonamides is 1. The van der Waals surface area contributed by atoms with Crippen molar-refractivity contribution in [2.24, 2.45) is 0 Å². The Morgan fingerprint density at radius 3 is 2.43 bits per heavy atom. The first kappa shape index (κ1) is 20.7. The molecule has 0 amide bonds. The Morgan fingerprint density at radius 1 is 1.07 bits per heavy atom. The second kappa shape index (κ2) is 8.13. The van der Waals surface area contributed by atoms with Crippen LogP contribution in [0.1, 0.15) is 36.5 Å². The lowest BCUT2D eigenvalue weighted by Gasteiger charge is -2.26. The van der Waals surface area contributed by atoms with E-state index in [9.17, 15) is 21.6 Å². The zero-order valence-corrected chi connectivity index (χ0v) is 16.3. The van der Waals surface area contributed by atoms with E-state index in [0.717, 1.165) is 62.1 Å². The molecule has 0 fully saturated rings. The van der Waals surface area contributed by atoms with Crippen LogP contribution in [0.5, 0.6) is 0 Å². The number of hydrogen-bond acceptors (Lipinski definition) is 3. The van der Waals surface area contributed by atoms with Gasteiger partial charge in [-0.25, -0.2) is 8.42 Å². The first-order chi connectivity index (χ1) is 13.2. The second-order valence-corrected chi connectivity index (χ2v) is 8.69. The van der Waals surface area contributed by atoms with Gasteiger partial charge >= 0.3 is 6.18 Å². The number of hydrogen-bond donors (Lipinski definition) is 2. The fourth-order valence-corrected chi connectivity index (χ4v) is 4.43. The maximum Gasteiger partial charge on any atom is 0.416 e. The van der Waals surface area contributed by atoms with Crippen molar-refractivity contribution in [1.82, 2.24) is 5.32 Å². The highest BCUT2D eigenvalue weighted by Gasteiger charge is 2.30. The Hall–Kier alpha value is -2.06. The third-order valence-electron chi connectivity index (χ3n) is 4.86. The van der Waals surface area contributed by atoms with Crippen LogP contribution in [0, 0.1) is 0 Å². The molecule has 0 aliphatic heterocycles. The Kier molecular flexibility index (Phi) is 6.00. The van der Waals surface area contributed by atoms with Gasteiger partial charge in [0.25, 0.3) is 10.0 Å². The molecule has 2 aromatic rings. The van der Waals surface area contributed by atoms with Crippen molar-refractivity contribution < 1.29 is 21.6 Å². The normalized spacial score (nSPS) is 17.2. The van der Waals surface area contributed by atoms with Crippen LogP contribution in [0.3, 0.4) is 0 Å². The van der Waals surface area contributed by atoms with Gasteiger partial charge in [0.15, 0.2) is 0 Å². The summed E-state index contributed by atoms with van der Waals surface area (Å²) in [6, 6.07) is 9.33. The predicted octanol–water partition coefficient (Wildman–Crippen LogP) is 4.36. The van der Waals surface area contributed by atoms with Gasteiger partial charge < -0.3 is 5.32 Å². The zero-order valence-electron chi connectivity index (χ0n) is 15.5. The van der Waals surface area contributed by atoms with Gasteiger partial charge in [-0.3, -0.25) is 4.72 Å². The van der Waals surface area contributed by atoms with Gasteiger partial charge in [-0.05, 0) is 79.8 Å². The molecule has 8 heteroatoms. The minimum absolute atomic E-state index is 0.206. The summed E-state index contributed by atoms with van der Waals surface area (Å²) in [6.45, 7) is 3.10. The molecule has 1 aliphatic carbocycles. The molecule has 152 valence electrons. The van der Waals surface area contributed by atoms with Crippen molar-refractivity contribution in [3.05, 3.63) is 59.2 Å². The lowest BCUT2D eigenvalue weighted by atomic mass is 9.88. The van der Waals surface area contributed by atoms with Crippen LogP contribution in [0.25, 0.3) is 0 Å². The smallest absolute Gasteiger partial charge is 0.314 e. The van der Waals surface area contributed by atoms with E-state index in [4.69, 9.17) is 0 Å². The molecule has 3 rings (SSSR count). The third kappa shape index (κ3) is 4.86. The first-order valence-corrected chi connectivity index (χ1v) is 10.7. The third-order valence-corrected chi connectivity index (χ3v) is 6.26. The van der Waals surface area contributed by atoms with Gasteiger partial charge in [0, 0.05) is 11.7 Å². The summed E-state index contributed by atoms with van der Waals surface area (Å²) in [7, 11) is -3.95. The quantitative estimate of drug-likeness (QED) is 0.741. The molecule has 1 unspecified atom stereocenters. The molecule has 0 saturated carbocycles. The number of nitrogens with one attached hydrogen (secondary N) is 2.